The smallest absolute Gasteiger partial charge is 0.335 e. The number of carboxylic acid groups (broad SMARTS) is 1. The zero-order chi connectivity index (χ0) is 20.7. The molecule has 0 aliphatic rings. The van der Waals surface area contributed by atoms with Crippen molar-refractivity contribution in [1.29, 1.82) is 0 Å². The molecule has 148 valence electrons. The second-order valence-electron chi connectivity index (χ2n) is 6.64. The Morgan fingerprint density at radius 3 is 2.36 bits per heavy atom. The van der Waals surface area contributed by atoms with Gasteiger partial charge in [-0.05, 0) is 42.3 Å². The SMILES string of the molecule is CC(=O)SCC(Cc1ccc(N(C)C)cc1)C(=O)Nc1cccc(C(=O)O)c1. The first-order chi connectivity index (χ1) is 13.3. The van der Waals surface area contributed by atoms with Crippen molar-refractivity contribution in [3.63, 3.8) is 0 Å². The Morgan fingerprint density at radius 2 is 1.79 bits per heavy atom. The van der Waals surface area contributed by atoms with E-state index in [1.165, 1.54) is 19.1 Å². The van der Waals surface area contributed by atoms with Gasteiger partial charge in [-0.15, -0.1) is 0 Å². The molecule has 2 aromatic carbocycles. The molecular formula is C21H24N2O4S. The molecule has 0 saturated heterocycles. The number of amides is 1. The van der Waals surface area contributed by atoms with Gasteiger partial charge < -0.3 is 15.3 Å². The molecular weight excluding hydrogens is 376 g/mol. The highest BCUT2D eigenvalue weighted by molar-refractivity contribution is 8.13. The summed E-state index contributed by atoms with van der Waals surface area (Å²) in [4.78, 5) is 37.3. The van der Waals surface area contributed by atoms with E-state index in [9.17, 15) is 14.4 Å². The van der Waals surface area contributed by atoms with Crippen molar-refractivity contribution in [2.24, 2.45) is 5.92 Å². The maximum absolute atomic E-state index is 12.8. The molecule has 2 aromatic rings. The summed E-state index contributed by atoms with van der Waals surface area (Å²) >= 11 is 1.11. The van der Waals surface area contributed by atoms with Gasteiger partial charge in [0.15, 0.2) is 5.12 Å². The summed E-state index contributed by atoms with van der Waals surface area (Å²) in [5.41, 5.74) is 2.58. The van der Waals surface area contributed by atoms with Crippen LogP contribution in [0.2, 0.25) is 0 Å². The van der Waals surface area contributed by atoms with Crippen LogP contribution in [0.3, 0.4) is 0 Å². The molecule has 0 saturated carbocycles. The molecule has 0 heterocycles. The number of hydrogen-bond donors (Lipinski definition) is 2. The fraction of sp³-hybridized carbons (Fsp3) is 0.286. The lowest BCUT2D eigenvalue weighted by Crippen LogP contribution is -2.27. The number of carbonyl (C=O) groups is 3. The van der Waals surface area contributed by atoms with Crippen LogP contribution in [0.1, 0.15) is 22.8 Å². The van der Waals surface area contributed by atoms with E-state index in [2.05, 4.69) is 5.32 Å². The lowest BCUT2D eigenvalue weighted by molar-refractivity contribution is -0.119. The Kier molecular flexibility index (Phi) is 7.63. The molecule has 0 radical (unpaired) electrons. The Morgan fingerprint density at radius 1 is 1.11 bits per heavy atom. The second kappa shape index (κ2) is 9.94. The molecule has 0 bridgehead atoms. The molecule has 28 heavy (non-hydrogen) atoms. The third-order valence-corrected chi connectivity index (χ3v) is 5.15. The minimum absolute atomic E-state index is 0.0476. The zero-order valence-corrected chi connectivity index (χ0v) is 17.0. The van der Waals surface area contributed by atoms with Crippen LogP contribution in [0.5, 0.6) is 0 Å². The number of hydrogen-bond acceptors (Lipinski definition) is 5. The zero-order valence-electron chi connectivity index (χ0n) is 16.1. The van der Waals surface area contributed by atoms with Gasteiger partial charge in [-0.3, -0.25) is 9.59 Å². The number of benzene rings is 2. The summed E-state index contributed by atoms with van der Waals surface area (Å²) in [6, 6.07) is 14.0. The van der Waals surface area contributed by atoms with Crippen molar-refractivity contribution >= 4 is 40.1 Å². The first-order valence-electron chi connectivity index (χ1n) is 8.80. The second-order valence-corrected chi connectivity index (χ2v) is 7.84. The Bertz CT molecular complexity index is 850. The van der Waals surface area contributed by atoms with Crippen molar-refractivity contribution < 1.29 is 19.5 Å². The molecule has 0 aromatic heterocycles. The minimum atomic E-state index is -1.05. The summed E-state index contributed by atoms with van der Waals surface area (Å²) in [6.45, 7) is 1.47. The van der Waals surface area contributed by atoms with Crippen molar-refractivity contribution in [2.75, 3.05) is 30.1 Å². The third kappa shape index (κ3) is 6.42. The first kappa shape index (κ1) is 21.5. The lowest BCUT2D eigenvalue weighted by atomic mass is 9.99. The summed E-state index contributed by atoms with van der Waals surface area (Å²) in [5, 5.41) is 11.8. The van der Waals surface area contributed by atoms with Gasteiger partial charge in [0.25, 0.3) is 0 Å². The first-order valence-corrected chi connectivity index (χ1v) is 9.78. The highest BCUT2D eigenvalue weighted by atomic mass is 32.2. The minimum Gasteiger partial charge on any atom is -0.478 e. The normalized spacial score (nSPS) is 11.5. The van der Waals surface area contributed by atoms with Crippen LogP contribution in [-0.4, -0.2) is 41.9 Å². The number of nitrogens with zero attached hydrogens (tertiary/aromatic N) is 1. The predicted octanol–water partition coefficient (Wildman–Crippen LogP) is 3.53. The largest absolute Gasteiger partial charge is 0.478 e. The van der Waals surface area contributed by atoms with Crippen LogP contribution in [0, 0.1) is 5.92 Å². The maximum atomic E-state index is 12.8. The Hall–Kier alpha value is -2.80. The van der Waals surface area contributed by atoms with E-state index in [0.29, 0.717) is 17.9 Å². The summed E-state index contributed by atoms with van der Waals surface area (Å²) in [6.07, 6.45) is 0.485. The topological polar surface area (TPSA) is 86.7 Å². The third-order valence-electron chi connectivity index (χ3n) is 4.17. The molecule has 1 atom stereocenters. The molecule has 7 heteroatoms. The van der Waals surface area contributed by atoms with Crippen molar-refractivity contribution in [2.45, 2.75) is 13.3 Å². The van der Waals surface area contributed by atoms with E-state index in [1.54, 1.807) is 12.1 Å². The van der Waals surface area contributed by atoms with Crippen molar-refractivity contribution in [1.82, 2.24) is 0 Å². The average Bonchev–Trinajstić information content (AvgIpc) is 2.65. The molecule has 0 aliphatic carbocycles. The molecule has 2 rings (SSSR count). The maximum Gasteiger partial charge on any atom is 0.335 e. The van der Waals surface area contributed by atoms with Gasteiger partial charge in [-0.2, -0.15) is 0 Å². The van der Waals surface area contributed by atoms with Crippen molar-refractivity contribution in [3.05, 3.63) is 59.7 Å². The highest BCUT2D eigenvalue weighted by Crippen LogP contribution is 2.20. The molecule has 1 amide bonds. The van der Waals surface area contributed by atoms with Crippen LogP contribution in [0.25, 0.3) is 0 Å². The molecule has 2 N–H and O–H groups in total. The molecule has 6 nitrogen and oxygen atoms in total. The molecule has 0 fully saturated rings. The van der Waals surface area contributed by atoms with Crippen LogP contribution in [0.4, 0.5) is 11.4 Å². The van der Waals surface area contributed by atoms with Gasteiger partial charge in [-0.25, -0.2) is 4.79 Å². The molecule has 0 spiro atoms. The molecule has 1 unspecified atom stereocenters. The van der Waals surface area contributed by atoms with Gasteiger partial charge in [0.05, 0.1) is 11.5 Å². The highest BCUT2D eigenvalue weighted by Gasteiger charge is 2.21. The van der Waals surface area contributed by atoms with Crippen LogP contribution >= 0.6 is 11.8 Å². The van der Waals surface area contributed by atoms with E-state index >= 15 is 0 Å². The van der Waals surface area contributed by atoms with E-state index in [0.717, 1.165) is 23.0 Å². The number of carboxylic acids is 1. The summed E-state index contributed by atoms with van der Waals surface area (Å²) in [7, 11) is 3.92. The summed E-state index contributed by atoms with van der Waals surface area (Å²) in [5.74, 6) is -1.36. The monoisotopic (exact) mass is 400 g/mol. The quantitative estimate of drug-likeness (QED) is 0.705. The number of nitrogens with one attached hydrogen (secondary N) is 1. The van der Waals surface area contributed by atoms with Crippen molar-refractivity contribution in [3.8, 4) is 0 Å². The average molecular weight is 401 g/mol. The number of aromatic carboxylic acids is 1. The number of anilines is 2. The van der Waals surface area contributed by atoms with E-state index < -0.39 is 11.9 Å². The van der Waals surface area contributed by atoms with E-state index in [-0.39, 0.29) is 16.6 Å². The van der Waals surface area contributed by atoms with Gasteiger partial charge in [0.2, 0.25) is 5.91 Å². The van der Waals surface area contributed by atoms with Crippen LogP contribution in [-0.2, 0) is 16.0 Å². The Balaban J connectivity index is 2.14. The number of thioether (sulfide) groups is 1. The summed E-state index contributed by atoms with van der Waals surface area (Å²) < 4.78 is 0. The van der Waals surface area contributed by atoms with E-state index in [1.807, 2.05) is 43.3 Å². The standard InChI is InChI=1S/C21H24N2O4S/c1-14(24)28-13-17(11-15-7-9-19(10-8-15)23(2)3)20(25)22-18-6-4-5-16(12-18)21(26)27/h4-10,12,17H,11,13H2,1-3H3,(H,22,25)(H,26,27). The van der Waals surface area contributed by atoms with Gasteiger partial charge in [0.1, 0.15) is 0 Å². The van der Waals surface area contributed by atoms with Crippen LogP contribution < -0.4 is 10.2 Å². The fourth-order valence-corrected chi connectivity index (χ4v) is 3.34. The molecule has 0 aliphatic heterocycles. The fourth-order valence-electron chi connectivity index (χ4n) is 2.63. The number of rotatable bonds is 8. The van der Waals surface area contributed by atoms with Crippen LogP contribution in [0.15, 0.2) is 48.5 Å². The Labute approximate surface area is 168 Å². The van der Waals surface area contributed by atoms with E-state index in [4.69, 9.17) is 5.11 Å². The lowest BCUT2D eigenvalue weighted by Gasteiger charge is -2.17. The number of carbonyl (C=O) groups excluding carboxylic acids is 2. The predicted molar refractivity (Wildman–Crippen MR) is 113 cm³/mol. The van der Waals surface area contributed by atoms with Gasteiger partial charge in [0, 0.05) is 38.1 Å². The van der Waals surface area contributed by atoms with Gasteiger partial charge in [-0.1, -0.05) is 30.0 Å². The van der Waals surface area contributed by atoms with Gasteiger partial charge >= 0.3 is 5.97 Å².